The second kappa shape index (κ2) is 10.2. The van der Waals surface area contributed by atoms with E-state index in [0.29, 0.717) is 11.4 Å². The Balaban J connectivity index is 2.89. The van der Waals surface area contributed by atoms with Gasteiger partial charge in [0.15, 0.2) is 0 Å². The Morgan fingerprint density at radius 2 is 2.04 bits per heavy atom. The van der Waals surface area contributed by atoms with Gasteiger partial charge in [-0.05, 0) is 12.1 Å². The van der Waals surface area contributed by atoms with Crippen molar-refractivity contribution < 1.29 is 29.3 Å². The number of methoxy groups -OCH3 is 1. The summed E-state index contributed by atoms with van der Waals surface area (Å²) in [7, 11) is 1.20. The monoisotopic (exact) mass is 324 g/mol. The van der Waals surface area contributed by atoms with Crippen molar-refractivity contribution in [3.8, 4) is 5.75 Å². The van der Waals surface area contributed by atoms with Crippen molar-refractivity contribution in [2.75, 3.05) is 38.8 Å². The first-order chi connectivity index (χ1) is 11.1. The van der Waals surface area contributed by atoms with E-state index in [1.807, 2.05) is 0 Å². The van der Waals surface area contributed by atoms with Crippen LogP contribution in [0, 0.1) is 0 Å². The quantitative estimate of drug-likeness (QED) is 0.362. The third kappa shape index (κ3) is 6.81. The fraction of sp³-hybridized carbons (Fsp3) is 0.333. The number of aliphatic hydroxyl groups is 2. The fourth-order valence-electron chi connectivity index (χ4n) is 1.58. The highest BCUT2D eigenvalue weighted by Crippen LogP contribution is 2.18. The Labute approximate surface area is 133 Å². The molecule has 0 radical (unpaired) electrons. The highest BCUT2D eigenvalue weighted by molar-refractivity contribution is 6.01. The van der Waals surface area contributed by atoms with E-state index < -0.39 is 11.9 Å². The van der Waals surface area contributed by atoms with Crippen LogP contribution >= 0.6 is 0 Å². The second-order valence-corrected chi connectivity index (χ2v) is 4.29. The van der Waals surface area contributed by atoms with Crippen LogP contribution in [-0.4, -0.2) is 55.6 Å². The summed E-state index contributed by atoms with van der Waals surface area (Å²) in [5.74, 6) is -0.761. The van der Waals surface area contributed by atoms with Crippen molar-refractivity contribution in [1.29, 1.82) is 0 Å². The summed E-state index contributed by atoms with van der Waals surface area (Å²) < 4.78 is 9.78. The van der Waals surface area contributed by atoms with Crippen molar-refractivity contribution >= 4 is 17.6 Å². The van der Waals surface area contributed by atoms with Gasteiger partial charge in [0.05, 0.1) is 26.4 Å². The van der Waals surface area contributed by atoms with Gasteiger partial charge in [0, 0.05) is 18.3 Å². The lowest BCUT2D eigenvalue weighted by Gasteiger charge is -2.12. The lowest BCUT2D eigenvalue weighted by molar-refractivity contribution is -0.135. The minimum atomic E-state index is -0.695. The van der Waals surface area contributed by atoms with Gasteiger partial charge < -0.3 is 30.3 Å². The predicted molar refractivity (Wildman–Crippen MR) is 82.8 cm³/mol. The number of benzene rings is 1. The maximum absolute atomic E-state index is 12.0. The predicted octanol–water partition coefficient (Wildman–Crippen LogP) is -0.365. The number of carbonyl (C=O) groups excluding carboxylic acids is 2. The van der Waals surface area contributed by atoms with E-state index in [-0.39, 0.29) is 32.1 Å². The van der Waals surface area contributed by atoms with E-state index in [2.05, 4.69) is 15.4 Å². The standard InChI is InChI=1S/C15H20N2O6/c1-22-14(20)10-13(15(21)16-5-6-18)17-11-3-2-4-12(9-11)23-8-7-19/h2-4,9-10,17-19H,5-8H2,1H3,(H,16,21)/b13-10-. The van der Waals surface area contributed by atoms with Crippen molar-refractivity contribution in [3.05, 3.63) is 36.0 Å². The van der Waals surface area contributed by atoms with Crippen LogP contribution in [-0.2, 0) is 14.3 Å². The highest BCUT2D eigenvalue weighted by Gasteiger charge is 2.12. The Morgan fingerprint density at radius 1 is 1.26 bits per heavy atom. The average molecular weight is 324 g/mol. The van der Waals surface area contributed by atoms with Gasteiger partial charge in [-0.1, -0.05) is 6.07 Å². The summed E-state index contributed by atoms with van der Waals surface area (Å²) in [6, 6.07) is 6.67. The van der Waals surface area contributed by atoms with E-state index in [1.54, 1.807) is 24.3 Å². The molecule has 0 heterocycles. The lowest BCUT2D eigenvalue weighted by Crippen LogP contribution is -2.31. The van der Waals surface area contributed by atoms with Crippen LogP contribution in [0.2, 0.25) is 0 Å². The van der Waals surface area contributed by atoms with Crippen molar-refractivity contribution in [2.24, 2.45) is 0 Å². The molecule has 8 heteroatoms. The van der Waals surface area contributed by atoms with Crippen LogP contribution in [0.15, 0.2) is 36.0 Å². The number of anilines is 1. The summed E-state index contributed by atoms with van der Waals surface area (Å²) in [6.07, 6.45) is 1.01. The van der Waals surface area contributed by atoms with Gasteiger partial charge in [-0.15, -0.1) is 0 Å². The molecule has 23 heavy (non-hydrogen) atoms. The molecule has 0 bridgehead atoms. The Bertz CT molecular complexity index is 559. The molecule has 126 valence electrons. The van der Waals surface area contributed by atoms with Gasteiger partial charge in [0.25, 0.3) is 5.91 Å². The third-order valence-electron chi connectivity index (χ3n) is 2.58. The van der Waals surface area contributed by atoms with Crippen LogP contribution in [0.4, 0.5) is 5.69 Å². The van der Waals surface area contributed by atoms with Crippen LogP contribution in [0.25, 0.3) is 0 Å². The van der Waals surface area contributed by atoms with Crippen LogP contribution in [0.1, 0.15) is 0 Å². The molecule has 0 aromatic heterocycles. The zero-order valence-corrected chi connectivity index (χ0v) is 12.7. The number of carbonyl (C=O) groups is 2. The molecule has 0 atom stereocenters. The SMILES string of the molecule is COC(=O)/C=C(\Nc1cccc(OCCO)c1)C(=O)NCCO. The number of amides is 1. The van der Waals surface area contributed by atoms with E-state index in [1.165, 1.54) is 7.11 Å². The lowest BCUT2D eigenvalue weighted by atomic mass is 10.2. The molecule has 1 rings (SSSR count). The van der Waals surface area contributed by atoms with Gasteiger partial charge in [-0.25, -0.2) is 4.79 Å². The minimum absolute atomic E-state index is 0.0374. The molecule has 0 aliphatic rings. The maximum Gasteiger partial charge on any atom is 0.332 e. The zero-order valence-electron chi connectivity index (χ0n) is 12.7. The first-order valence-electron chi connectivity index (χ1n) is 6.90. The van der Waals surface area contributed by atoms with Gasteiger partial charge in [-0.3, -0.25) is 4.79 Å². The summed E-state index contributed by atoms with van der Waals surface area (Å²) >= 11 is 0. The van der Waals surface area contributed by atoms with Gasteiger partial charge in [0.2, 0.25) is 0 Å². The summed E-state index contributed by atoms with van der Waals surface area (Å²) in [5, 5.41) is 22.7. The van der Waals surface area contributed by atoms with Crippen molar-refractivity contribution in [3.63, 3.8) is 0 Å². The number of hydrogen-bond acceptors (Lipinski definition) is 7. The van der Waals surface area contributed by atoms with Crippen molar-refractivity contribution in [2.45, 2.75) is 0 Å². The van der Waals surface area contributed by atoms with E-state index in [0.717, 1.165) is 6.08 Å². The van der Waals surface area contributed by atoms with E-state index in [9.17, 15) is 9.59 Å². The molecule has 0 spiro atoms. The molecular weight excluding hydrogens is 304 g/mol. The topological polar surface area (TPSA) is 117 Å². The number of nitrogens with one attached hydrogen (secondary N) is 2. The first-order valence-corrected chi connectivity index (χ1v) is 6.90. The van der Waals surface area contributed by atoms with Gasteiger partial charge in [0.1, 0.15) is 18.1 Å². The summed E-state index contributed by atoms with van der Waals surface area (Å²) in [6.45, 7) is -0.138. The highest BCUT2D eigenvalue weighted by atomic mass is 16.5. The molecule has 0 aliphatic heterocycles. The van der Waals surface area contributed by atoms with Gasteiger partial charge >= 0.3 is 5.97 Å². The fourth-order valence-corrected chi connectivity index (χ4v) is 1.58. The van der Waals surface area contributed by atoms with E-state index >= 15 is 0 Å². The Kier molecular flexibility index (Phi) is 8.19. The molecule has 0 aliphatic carbocycles. The minimum Gasteiger partial charge on any atom is -0.491 e. The van der Waals surface area contributed by atoms with Crippen LogP contribution < -0.4 is 15.4 Å². The molecule has 8 nitrogen and oxygen atoms in total. The molecule has 1 amide bonds. The summed E-state index contributed by atoms with van der Waals surface area (Å²) in [5.41, 5.74) is 0.472. The number of esters is 1. The molecule has 1 aromatic carbocycles. The largest absolute Gasteiger partial charge is 0.491 e. The smallest absolute Gasteiger partial charge is 0.332 e. The molecule has 0 fully saturated rings. The number of hydrogen-bond donors (Lipinski definition) is 4. The molecule has 1 aromatic rings. The maximum atomic E-state index is 12.0. The first kappa shape index (κ1) is 18.5. The van der Waals surface area contributed by atoms with Crippen LogP contribution in [0.5, 0.6) is 5.75 Å². The molecule has 4 N–H and O–H groups in total. The molecule has 0 unspecified atom stereocenters. The average Bonchev–Trinajstić information content (AvgIpc) is 2.57. The van der Waals surface area contributed by atoms with Crippen LogP contribution in [0.3, 0.4) is 0 Å². The Hall–Kier alpha value is -2.58. The molecule has 0 saturated heterocycles. The normalized spacial score (nSPS) is 10.8. The zero-order chi connectivity index (χ0) is 17.1. The Morgan fingerprint density at radius 3 is 2.70 bits per heavy atom. The summed E-state index contributed by atoms with van der Waals surface area (Å²) in [4.78, 5) is 23.4. The van der Waals surface area contributed by atoms with Crippen molar-refractivity contribution in [1.82, 2.24) is 5.32 Å². The number of aliphatic hydroxyl groups excluding tert-OH is 2. The number of ether oxygens (including phenoxy) is 2. The number of rotatable bonds is 9. The van der Waals surface area contributed by atoms with E-state index in [4.69, 9.17) is 14.9 Å². The third-order valence-corrected chi connectivity index (χ3v) is 2.58. The van der Waals surface area contributed by atoms with Gasteiger partial charge in [-0.2, -0.15) is 0 Å². The molecular formula is C15H20N2O6. The molecule has 0 saturated carbocycles. The second-order valence-electron chi connectivity index (χ2n) is 4.29.